The summed E-state index contributed by atoms with van der Waals surface area (Å²) < 4.78 is 39.5. The van der Waals surface area contributed by atoms with Gasteiger partial charge in [-0.05, 0) is 31.0 Å². The minimum absolute atomic E-state index is 0.131. The van der Waals surface area contributed by atoms with E-state index < -0.39 is 23.7 Å². The predicted molar refractivity (Wildman–Crippen MR) is 80.0 cm³/mol. The Morgan fingerprint density at radius 3 is 2.67 bits per heavy atom. The zero-order chi connectivity index (χ0) is 15.8. The molecule has 2 N–H and O–H groups in total. The van der Waals surface area contributed by atoms with Crippen molar-refractivity contribution >= 4 is 39.0 Å². The molecule has 0 bridgehead atoms. The molecule has 1 unspecified atom stereocenters. The third kappa shape index (κ3) is 3.37. The molecule has 2 rings (SSSR count). The second-order valence-electron chi connectivity index (χ2n) is 4.75. The molecule has 0 aliphatic carbocycles. The number of nitrogens with zero attached hydrogens (tertiary/aromatic N) is 1. The molecule has 0 aromatic heterocycles. The Morgan fingerprint density at radius 1 is 1.43 bits per heavy atom. The molecule has 21 heavy (non-hydrogen) atoms. The van der Waals surface area contributed by atoms with Crippen LogP contribution in [0.4, 0.5) is 13.2 Å². The van der Waals surface area contributed by atoms with Crippen LogP contribution in [0, 0.1) is 0 Å². The zero-order valence-corrected chi connectivity index (χ0v) is 13.2. The minimum atomic E-state index is -4.60. The van der Waals surface area contributed by atoms with E-state index in [4.69, 9.17) is 18.0 Å². The van der Waals surface area contributed by atoms with Gasteiger partial charge in [-0.2, -0.15) is 13.2 Å². The Kier molecular flexibility index (Phi) is 4.57. The number of hydrogen-bond donors (Lipinski definition) is 1. The predicted octanol–water partition coefficient (Wildman–Crippen LogP) is 3.36. The molecule has 1 heterocycles. The van der Waals surface area contributed by atoms with Crippen LogP contribution in [0.15, 0.2) is 22.7 Å². The van der Waals surface area contributed by atoms with Gasteiger partial charge in [0.2, 0.25) is 0 Å². The lowest BCUT2D eigenvalue weighted by atomic mass is 10.1. The van der Waals surface area contributed by atoms with Crippen LogP contribution in [-0.2, 0) is 6.18 Å². The maximum atomic E-state index is 13.1. The first-order valence-electron chi connectivity index (χ1n) is 6.19. The fraction of sp³-hybridized carbons (Fsp3) is 0.385. The standard InChI is InChI=1S/C13H12BrF3N2OS/c14-7-3-4-8(9(6-7)13(15,16)17)12(20)19-5-1-2-10(19)11(18)21/h3-4,6,10H,1-2,5H2,(H2,18,21). The average molecular weight is 381 g/mol. The third-order valence-corrected chi connectivity index (χ3v) is 4.12. The van der Waals surface area contributed by atoms with Gasteiger partial charge >= 0.3 is 6.18 Å². The van der Waals surface area contributed by atoms with Crippen molar-refractivity contribution in [3.05, 3.63) is 33.8 Å². The maximum absolute atomic E-state index is 13.1. The van der Waals surface area contributed by atoms with Crippen LogP contribution in [0.5, 0.6) is 0 Å². The van der Waals surface area contributed by atoms with Crippen molar-refractivity contribution in [2.24, 2.45) is 5.73 Å². The zero-order valence-electron chi connectivity index (χ0n) is 10.8. The van der Waals surface area contributed by atoms with Crippen molar-refractivity contribution < 1.29 is 18.0 Å². The Hall–Kier alpha value is -1.15. The molecule has 1 atom stereocenters. The van der Waals surface area contributed by atoms with E-state index in [9.17, 15) is 18.0 Å². The van der Waals surface area contributed by atoms with Gasteiger partial charge in [-0.15, -0.1) is 0 Å². The normalized spacial score (nSPS) is 18.9. The number of carbonyl (C=O) groups is 1. The summed E-state index contributed by atoms with van der Waals surface area (Å²) in [6.07, 6.45) is -3.35. The van der Waals surface area contributed by atoms with E-state index in [1.165, 1.54) is 17.0 Å². The first kappa shape index (κ1) is 16.2. The lowest BCUT2D eigenvalue weighted by Crippen LogP contribution is -2.43. The topological polar surface area (TPSA) is 46.3 Å². The second-order valence-corrected chi connectivity index (χ2v) is 6.13. The van der Waals surface area contributed by atoms with Crippen LogP contribution in [0.25, 0.3) is 0 Å². The smallest absolute Gasteiger partial charge is 0.392 e. The molecule has 1 aliphatic heterocycles. The number of nitrogens with two attached hydrogens (primary N) is 1. The number of likely N-dealkylation sites (tertiary alicyclic amines) is 1. The summed E-state index contributed by atoms with van der Waals surface area (Å²) in [5.74, 6) is -0.690. The highest BCUT2D eigenvalue weighted by molar-refractivity contribution is 9.10. The van der Waals surface area contributed by atoms with Crippen LogP contribution >= 0.6 is 28.1 Å². The molecular formula is C13H12BrF3N2OS. The summed E-state index contributed by atoms with van der Waals surface area (Å²) >= 11 is 7.87. The van der Waals surface area contributed by atoms with E-state index in [0.29, 0.717) is 19.4 Å². The van der Waals surface area contributed by atoms with E-state index in [-0.39, 0.29) is 15.0 Å². The van der Waals surface area contributed by atoms with E-state index in [1.54, 1.807) is 0 Å². The third-order valence-electron chi connectivity index (χ3n) is 3.36. The van der Waals surface area contributed by atoms with Crippen molar-refractivity contribution in [2.75, 3.05) is 6.54 Å². The SMILES string of the molecule is NC(=S)C1CCCN1C(=O)c1ccc(Br)cc1C(F)(F)F. The van der Waals surface area contributed by atoms with Crippen LogP contribution in [0.2, 0.25) is 0 Å². The largest absolute Gasteiger partial charge is 0.417 e. The summed E-state index contributed by atoms with van der Waals surface area (Å²) in [6.45, 7) is 0.355. The summed E-state index contributed by atoms with van der Waals surface area (Å²) in [7, 11) is 0. The molecule has 3 nitrogen and oxygen atoms in total. The van der Waals surface area contributed by atoms with E-state index in [2.05, 4.69) is 15.9 Å². The lowest BCUT2D eigenvalue weighted by Gasteiger charge is -2.25. The average Bonchev–Trinajstić information content (AvgIpc) is 2.86. The monoisotopic (exact) mass is 380 g/mol. The van der Waals surface area contributed by atoms with Gasteiger partial charge in [-0.1, -0.05) is 28.1 Å². The molecule has 114 valence electrons. The van der Waals surface area contributed by atoms with Gasteiger partial charge in [0.05, 0.1) is 22.2 Å². The van der Waals surface area contributed by atoms with Gasteiger partial charge in [-0.25, -0.2) is 0 Å². The Morgan fingerprint density at radius 2 is 2.10 bits per heavy atom. The molecule has 0 saturated carbocycles. The van der Waals surface area contributed by atoms with Crippen LogP contribution in [-0.4, -0.2) is 28.4 Å². The molecule has 0 radical (unpaired) electrons. The van der Waals surface area contributed by atoms with Crippen molar-refractivity contribution in [1.29, 1.82) is 0 Å². The molecule has 1 aromatic carbocycles. The summed E-state index contributed by atoms with van der Waals surface area (Å²) in [6, 6.07) is 3.01. The highest BCUT2D eigenvalue weighted by atomic mass is 79.9. The summed E-state index contributed by atoms with van der Waals surface area (Å²) in [5, 5.41) is 0. The number of carbonyl (C=O) groups excluding carboxylic acids is 1. The molecule has 1 amide bonds. The molecular weight excluding hydrogens is 369 g/mol. The van der Waals surface area contributed by atoms with Gasteiger partial charge in [0, 0.05) is 11.0 Å². The van der Waals surface area contributed by atoms with Crippen LogP contribution in [0.1, 0.15) is 28.8 Å². The van der Waals surface area contributed by atoms with Crippen LogP contribution in [0.3, 0.4) is 0 Å². The molecule has 1 aromatic rings. The first-order valence-corrected chi connectivity index (χ1v) is 7.39. The lowest BCUT2D eigenvalue weighted by molar-refractivity contribution is -0.138. The molecule has 0 spiro atoms. The fourth-order valence-electron chi connectivity index (χ4n) is 2.40. The van der Waals surface area contributed by atoms with Gasteiger partial charge < -0.3 is 10.6 Å². The summed E-state index contributed by atoms with van der Waals surface area (Å²) in [4.78, 5) is 13.9. The Balaban J connectivity index is 2.42. The van der Waals surface area contributed by atoms with Gasteiger partial charge in [0.15, 0.2) is 0 Å². The van der Waals surface area contributed by atoms with E-state index in [0.717, 1.165) is 6.07 Å². The van der Waals surface area contributed by atoms with E-state index >= 15 is 0 Å². The minimum Gasteiger partial charge on any atom is -0.392 e. The molecule has 8 heteroatoms. The number of rotatable bonds is 2. The Labute approximate surface area is 133 Å². The maximum Gasteiger partial charge on any atom is 0.417 e. The molecule has 1 fully saturated rings. The van der Waals surface area contributed by atoms with Crippen LogP contribution < -0.4 is 5.73 Å². The van der Waals surface area contributed by atoms with Crippen molar-refractivity contribution in [3.8, 4) is 0 Å². The van der Waals surface area contributed by atoms with Crippen molar-refractivity contribution in [3.63, 3.8) is 0 Å². The van der Waals surface area contributed by atoms with Gasteiger partial charge in [0.1, 0.15) is 0 Å². The Bertz CT molecular complexity index is 591. The fourth-order valence-corrected chi connectivity index (χ4v) is 3.00. The number of amides is 1. The van der Waals surface area contributed by atoms with E-state index in [1.807, 2.05) is 0 Å². The quantitative estimate of drug-likeness (QED) is 0.800. The highest BCUT2D eigenvalue weighted by Crippen LogP contribution is 2.35. The number of benzene rings is 1. The highest BCUT2D eigenvalue weighted by Gasteiger charge is 2.39. The first-order chi connectivity index (χ1) is 9.71. The molecule has 1 aliphatic rings. The number of thiocarbonyl (C=S) groups is 1. The number of halogens is 4. The van der Waals surface area contributed by atoms with Gasteiger partial charge in [-0.3, -0.25) is 4.79 Å². The second kappa shape index (κ2) is 5.92. The van der Waals surface area contributed by atoms with Crippen molar-refractivity contribution in [1.82, 2.24) is 4.90 Å². The number of alkyl halides is 3. The van der Waals surface area contributed by atoms with Gasteiger partial charge in [0.25, 0.3) is 5.91 Å². The van der Waals surface area contributed by atoms with Crippen molar-refractivity contribution in [2.45, 2.75) is 25.1 Å². The molecule has 1 saturated heterocycles. The summed E-state index contributed by atoms with van der Waals surface area (Å²) in [5.41, 5.74) is 4.22. The number of hydrogen-bond acceptors (Lipinski definition) is 2.